The van der Waals surface area contributed by atoms with Crippen LogP contribution in [0.25, 0.3) is 0 Å². The van der Waals surface area contributed by atoms with Crippen molar-refractivity contribution in [1.82, 2.24) is 14.8 Å². The fourth-order valence-corrected chi connectivity index (χ4v) is 1.44. The first-order chi connectivity index (χ1) is 7.66. The van der Waals surface area contributed by atoms with Gasteiger partial charge in [-0.25, -0.2) is 0 Å². The van der Waals surface area contributed by atoms with Crippen LogP contribution >= 0.6 is 23.2 Å². The molecule has 2 rings (SSSR count). The highest BCUT2D eigenvalue weighted by Crippen LogP contribution is 2.26. The molecule has 0 atom stereocenters. The molecule has 0 N–H and O–H groups in total. The molecule has 0 unspecified atom stereocenters. The van der Waals surface area contributed by atoms with Crippen molar-refractivity contribution in [2.45, 2.75) is 6.61 Å². The quantitative estimate of drug-likeness (QED) is 0.849. The van der Waals surface area contributed by atoms with Crippen LogP contribution in [0.2, 0.25) is 10.0 Å². The van der Waals surface area contributed by atoms with E-state index >= 15 is 0 Å². The third-order valence-electron chi connectivity index (χ3n) is 2.06. The summed E-state index contributed by atoms with van der Waals surface area (Å²) in [5.41, 5.74) is 0. The third-order valence-corrected chi connectivity index (χ3v) is 2.80. The van der Waals surface area contributed by atoms with Crippen molar-refractivity contribution in [1.29, 1.82) is 0 Å². The third kappa shape index (κ3) is 2.46. The second-order valence-electron chi connectivity index (χ2n) is 3.22. The van der Waals surface area contributed by atoms with E-state index in [1.807, 2.05) is 7.05 Å². The van der Waals surface area contributed by atoms with Gasteiger partial charge >= 0.3 is 0 Å². The summed E-state index contributed by atoms with van der Waals surface area (Å²) in [6, 6.07) is 5.11. The van der Waals surface area contributed by atoms with E-state index < -0.39 is 0 Å². The molecule has 2 aromatic rings. The Morgan fingerprint density at radius 1 is 1.31 bits per heavy atom. The molecular formula is C10H9Cl2N3O. The average Bonchev–Trinajstić information content (AvgIpc) is 2.66. The van der Waals surface area contributed by atoms with E-state index in [1.165, 1.54) is 0 Å². The predicted octanol–water partition coefficient (Wildman–Crippen LogP) is 2.70. The zero-order valence-electron chi connectivity index (χ0n) is 8.52. The van der Waals surface area contributed by atoms with Crippen LogP contribution in [-0.4, -0.2) is 14.8 Å². The van der Waals surface area contributed by atoms with Crippen molar-refractivity contribution >= 4 is 23.2 Å². The molecule has 6 heteroatoms. The zero-order valence-corrected chi connectivity index (χ0v) is 10.0. The largest absolute Gasteiger partial charge is 0.486 e. The van der Waals surface area contributed by atoms with Gasteiger partial charge in [-0.2, -0.15) is 0 Å². The van der Waals surface area contributed by atoms with E-state index in [9.17, 15) is 0 Å². The summed E-state index contributed by atoms with van der Waals surface area (Å²) in [7, 11) is 1.85. The lowest BCUT2D eigenvalue weighted by atomic mass is 10.3. The molecule has 0 saturated heterocycles. The maximum atomic E-state index is 5.86. The van der Waals surface area contributed by atoms with Crippen LogP contribution in [0.4, 0.5) is 0 Å². The topological polar surface area (TPSA) is 39.9 Å². The van der Waals surface area contributed by atoms with Gasteiger partial charge in [0, 0.05) is 13.1 Å². The maximum absolute atomic E-state index is 5.86. The Kier molecular flexibility index (Phi) is 3.31. The maximum Gasteiger partial charge on any atom is 0.170 e. The van der Waals surface area contributed by atoms with E-state index in [1.54, 1.807) is 29.1 Å². The molecule has 0 aliphatic carbocycles. The van der Waals surface area contributed by atoms with Gasteiger partial charge in [0.05, 0.1) is 10.0 Å². The van der Waals surface area contributed by atoms with Crippen LogP contribution < -0.4 is 4.74 Å². The van der Waals surface area contributed by atoms with Crippen LogP contribution in [0.5, 0.6) is 5.75 Å². The van der Waals surface area contributed by atoms with Crippen LogP contribution in [0.15, 0.2) is 24.5 Å². The van der Waals surface area contributed by atoms with Crippen molar-refractivity contribution in [2.75, 3.05) is 0 Å². The van der Waals surface area contributed by atoms with Crippen LogP contribution in [-0.2, 0) is 13.7 Å². The van der Waals surface area contributed by atoms with Gasteiger partial charge in [0.2, 0.25) is 0 Å². The van der Waals surface area contributed by atoms with Crippen molar-refractivity contribution in [3.63, 3.8) is 0 Å². The summed E-state index contributed by atoms with van der Waals surface area (Å²) in [6.45, 7) is 0.342. The molecule has 1 aromatic heterocycles. The number of hydrogen-bond donors (Lipinski definition) is 0. The van der Waals surface area contributed by atoms with Crippen LogP contribution in [0.3, 0.4) is 0 Å². The Hall–Kier alpha value is -1.26. The molecule has 0 spiro atoms. The van der Waals surface area contributed by atoms with E-state index in [0.29, 0.717) is 22.4 Å². The SMILES string of the molecule is Cn1cnnc1COc1ccc(Cl)c(Cl)c1. The summed E-state index contributed by atoms with van der Waals surface area (Å²) in [5, 5.41) is 8.63. The number of nitrogens with zero attached hydrogens (tertiary/aromatic N) is 3. The lowest BCUT2D eigenvalue weighted by Crippen LogP contribution is -2.02. The van der Waals surface area contributed by atoms with Crippen LogP contribution in [0, 0.1) is 0 Å². The Labute approximate surface area is 103 Å². The minimum absolute atomic E-state index is 0.342. The summed E-state index contributed by atoms with van der Waals surface area (Å²) in [5.74, 6) is 1.39. The number of halogens is 2. The summed E-state index contributed by atoms with van der Waals surface area (Å²) in [6.07, 6.45) is 1.62. The zero-order chi connectivity index (χ0) is 11.5. The number of aryl methyl sites for hydroxylation is 1. The Morgan fingerprint density at radius 2 is 2.12 bits per heavy atom. The Balaban J connectivity index is 2.05. The van der Waals surface area contributed by atoms with Crippen molar-refractivity contribution in [2.24, 2.45) is 7.05 Å². The van der Waals surface area contributed by atoms with Crippen LogP contribution in [0.1, 0.15) is 5.82 Å². The molecule has 0 aliphatic heterocycles. The first-order valence-electron chi connectivity index (χ1n) is 4.57. The average molecular weight is 258 g/mol. The molecule has 0 bridgehead atoms. The van der Waals surface area contributed by atoms with E-state index in [2.05, 4.69) is 10.2 Å². The smallest absolute Gasteiger partial charge is 0.170 e. The standard InChI is InChI=1S/C10H9Cl2N3O/c1-15-6-13-14-10(15)5-16-7-2-3-8(11)9(12)4-7/h2-4,6H,5H2,1H3. The number of rotatable bonds is 3. The summed E-state index contributed by atoms with van der Waals surface area (Å²) in [4.78, 5) is 0. The first-order valence-corrected chi connectivity index (χ1v) is 5.33. The molecule has 0 fully saturated rings. The molecule has 1 heterocycles. The molecule has 0 aliphatic rings. The number of hydrogen-bond acceptors (Lipinski definition) is 3. The van der Waals surface area contributed by atoms with E-state index in [-0.39, 0.29) is 0 Å². The monoisotopic (exact) mass is 257 g/mol. The lowest BCUT2D eigenvalue weighted by molar-refractivity contribution is 0.291. The molecule has 4 nitrogen and oxygen atoms in total. The minimum Gasteiger partial charge on any atom is -0.486 e. The highest BCUT2D eigenvalue weighted by Gasteiger charge is 2.03. The number of ether oxygens (including phenoxy) is 1. The van der Waals surface area contributed by atoms with Gasteiger partial charge in [-0.3, -0.25) is 0 Å². The van der Waals surface area contributed by atoms with Gasteiger partial charge in [0.15, 0.2) is 5.82 Å². The van der Waals surface area contributed by atoms with E-state index in [4.69, 9.17) is 27.9 Å². The second kappa shape index (κ2) is 4.72. The highest BCUT2D eigenvalue weighted by atomic mass is 35.5. The number of aromatic nitrogens is 3. The first kappa shape index (κ1) is 11.2. The minimum atomic E-state index is 0.342. The molecule has 16 heavy (non-hydrogen) atoms. The molecule has 1 aromatic carbocycles. The van der Waals surface area contributed by atoms with Gasteiger partial charge < -0.3 is 9.30 Å². The normalized spacial score (nSPS) is 10.4. The molecule has 84 valence electrons. The van der Waals surface area contributed by atoms with Gasteiger partial charge in [0.25, 0.3) is 0 Å². The lowest BCUT2D eigenvalue weighted by Gasteiger charge is -2.06. The Morgan fingerprint density at radius 3 is 2.75 bits per heavy atom. The molecular weight excluding hydrogens is 249 g/mol. The summed E-state index contributed by atoms with van der Waals surface area (Å²) < 4.78 is 7.29. The van der Waals surface area contributed by atoms with Crippen molar-refractivity contribution in [3.05, 3.63) is 40.4 Å². The van der Waals surface area contributed by atoms with Crippen molar-refractivity contribution in [3.8, 4) is 5.75 Å². The van der Waals surface area contributed by atoms with Crippen molar-refractivity contribution < 1.29 is 4.74 Å². The predicted molar refractivity (Wildman–Crippen MR) is 61.8 cm³/mol. The Bertz CT molecular complexity index is 499. The molecule has 0 saturated carbocycles. The fourth-order valence-electron chi connectivity index (χ4n) is 1.15. The molecule has 0 radical (unpaired) electrons. The fraction of sp³-hybridized carbons (Fsp3) is 0.200. The van der Waals surface area contributed by atoms with Gasteiger partial charge in [-0.1, -0.05) is 23.2 Å². The van der Waals surface area contributed by atoms with Gasteiger partial charge in [-0.15, -0.1) is 10.2 Å². The number of benzene rings is 1. The van der Waals surface area contributed by atoms with E-state index in [0.717, 1.165) is 5.82 Å². The van der Waals surface area contributed by atoms with Gasteiger partial charge in [-0.05, 0) is 12.1 Å². The summed E-state index contributed by atoms with van der Waals surface area (Å²) >= 11 is 11.7. The van der Waals surface area contributed by atoms with Gasteiger partial charge in [0.1, 0.15) is 18.7 Å². The second-order valence-corrected chi connectivity index (χ2v) is 4.04. The molecule has 0 amide bonds. The highest BCUT2D eigenvalue weighted by molar-refractivity contribution is 6.42.